The van der Waals surface area contributed by atoms with Crippen molar-refractivity contribution in [1.82, 2.24) is 9.88 Å². The molecule has 9 heteroatoms. The van der Waals surface area contributed by atoms with Crippen LogP contribution >= 0.6 is 11.8 Å². The van der Waals surface area contributed by atoms with Gasteiger partial charge in [-0.05, 0) is 37.1 Å². The molecule has 1 fully saturated rings. The molecule has 3 heterocycles. The normalized spacial score (nSPS) is 17.6. The Morgan fingerprint density at radius 2 is 2.04 bits per heavy atom. The lowest BCUT2D eigenvalue weighted by molar-refractivity contribution is -0.137. The van der Waals surface area contributed by atoms with Gasteiger partial charge < -0.3 is 21.3 Å². The number of fused-ring (bicyclic) bond motifs is 2. The van der Waals surface area contributed by atoms with Crippen LogP contribution in [0.1, 0.15) is 18.4 Å². The molecule has 0 radical (unpaired) electrons. The van der Waals surface area contributed by atoms with Crippen molar-refractivity contribution in [2.45, 2.75) is 34.9 Å². The minimum atomic E-state index is -4.40. The Balaban J connectivity index is 1.61. The van der Waals surface area contributed by atoms with Gasteiger partial charge in [0.2, 0.25) is 0 Å². The minimum absolute atomic E-state index is 0.124. The second-order valence-corrected chi connectivity index (χ2v) is 8.10. The molecule has 0 saturated carbocycles. The van der Waals surface area contributed by atoms with Crippen LogP contribution in [0.25, 0.3) is 0 Å². The maximum Gasteiger partial charge on any atom is 0.416 e. The maximum absolute atomic E-state index is 13.5. The highest BCUT2D eigenvalue weighted by atomic mass is 32.2. The largest absolute Gasteiger partial charge is 0.416 e. The summed E-state index contributed by atoms with van der Waals surface area (Å²) in [6, 6.07) is 6.16. The van der Waals surface area contributed by atoms with Crippen LogP contribution in [-0.2, 0) is 6.18 Å². The maximum atomic E-state index is 13.5. The van der Waals surface area contributed by atoms with E-state index in [1.54, 1.807) is 12.3 Å². The van der Waals surface area contributed by atoms with E-state index in [4.69, 9.17) is 5.73 Å². The van der Waals surface area contributed by atoms with Crippen molar-refractivity contribution in [3.05, 3.63) is 36.0 Å². The average Bonchev–Trinajstić information content (AvgIpc) is 2.67. The van der Waals surface area contributed by atoms with Crippen LogP contribution in [0.2, 0.25) is 0 Å². The van der Waals surface area contributed by atoms with Gasteiger partial charge in [-0.25, -0.2) is 4.98 Å². The molecule has 1 aromatic heterocycles. The fourth-order valence-corrected chi connectivity index (χ4v) is 4.64. The number of nitrogens with two attached hydrogens (primary N) is 1. The summed E-state index contributed by atoms with van der Waals surface area (Å²) in [5, 5.41) is 6.57. The van der Waals surface area contributed by atoms with Gasteiger partial charge in [0.25, 0.3) is 0 Å². The highest BCUT2D eigenvalue weighted by Gasteiger charge is 2.34. The number of hydrogen-bond donors (Lipinski definition) is 3. The molecule has 0 unspecified atom stereocenters. The molecule has 4 rings (SSSR count). The summed E-state index contributed by atoms with van der Waals surface area (Å²) in [5.74, 6) is 0.667. The molecule has 150 valence electrons. The Labute approximate surface area is 165 Å². The number of aromatic nitrogens is 1. The molecular formula is C19H22F3N5S. The smallest absolute Gasteiger partial charge is 0.380 e. The Kier molecular flexibility index (Phi) is 5.39. The predicted molar refractivity (Wildman–Crippen MR) is 105 cm³/mol. The second-order valence-electron chi connectivity index (χ2n) is 7.02. The number of piperidine rings is 1. The van der Waals surface area contributed by atoms with Crippen LogP contribution in [-0.4, -0.2) is 42.1 Å². The molecule has 0 spiro atoms. The molecule has 2 aliphatic rings. The Hall–Kier alpha value is -1.97. The van der Waals surface area contributed by atoms with Crippen molar-refractivity contribution in [2.24, 2.45) is 5.73 Å². The number of benzene rings is 1. The standard InChI is InChI=1S/C19H22F3N5S/c20-19(21,22)12-10-14(25-13-3-7-27(8-4-13)9-5-23)17-16(11-12)28-15-2-1-6-24-18(15)26-17/h1-2,6,10-11,13,25H,3-5,7-9,23H2,(H,24,26). The first kappa shape index (κ1) is 19.4. The zero-order valence-corrected chi connectivity index (χ0v) is 16.0. The summed E-state index contributed by atoms with van der Waals surface area (Å²) in [7, 11) is 0. The molecule has 0 aliphatic carbocycles. The Bertz CT molecular complexity index is 850. The second kappa shape index (κ2) is 7.81. The molecule has 5 nitrogen and oxygen atoms in total. The molecule has 2 aliphatic heterocycles. The zero-order chi connectivity index (χ0) is 19.7. The summed E-state index contributed by atoms with van der Waals surface area (Å²) >= 11 is 1.31. The van der Waals surface area contributed by atoms with Crippen molar-refractivity contribution >= 4 is 29.0 Å². The van der Waals surface area contributed by atoms with Crippen molar-refractivity contribution in [3.8, 4) is 0 Å². The summed E-state index contributed by atoms with van der Waals surface area (Å²) in [5.41, 5.74) is 6.11. The van der Waals surface area contributed by atoms with Crippen LogP contribution in [0.5, 0.6) is 0 Å². The first-order valence-corrected chi connectivity index (χ1v) is 10.1. The Morgan fingerprint density at radius 1 is 1.25 bits per heavy atom. The van der Waals surface area contributed by atoms with Crippen molar-refractivity contribution < 1.29 is 13.2 Å². The number of nitrogens with one attached hydrogen (secondary N) is 2. The Morgan fingerprint density at radius 3 is 2.75 bits per heavy atom. The highest BCUT2D eigenvalue weighted by molar-refractivity contribution is 7.99. The topological polar surface area (TPSA) is 66.2 Å². The van der Waals surface area contributed by atoms with E-state index in [1.165, 1.54) is 23.9 Å². The van der Waals surface area contributed by atoms with E-state index in [9.17, 15) is 13.2 Å². The lowest BCUT2D eigenvalue weighted by Crippen LogP contribution is -2.41. The van der Waals surface area contributed by atoms with Crippen molar-refractivity contribution in [2.75, 3.05) is 36.8 Å². The number of rotatable bonds is 4. The zero-order valence-electron chi connectivity index (χ0n) is 15.2. The number of halogens is 3. The third-order valence-corrected chi connectivity index (χ3v) is 6.15. The fourth-order valence-electron chi connectivity index (χ4n) is 3.61. The predicted octanol–water partition coefficient (Wildman–Crippen LogP) is 4.14. The van der Waals surface area contributed by atoms with Crippen LogP contribution in [0.4, 0.5) is 30.4 Å². The van der Waals surface area contributed by atoms with Gasteiger partial charge in [0.05, 0.1) is 21.8 Å². The van der Waals surface area contributed by atoms with Crippen molar-refractivity contribution in [1.29, 1.82) is 0 Å². The molecule has 2 aromatic rings. The van der Waals surface area contributed by atoms with Gasteiger partial charge in [0, 0.05) is 43.3 Å². The van der Waals surface area contributed by atoms with Gasteiger partial charge in [-0.2, -0.15) is 13.2 Å². The van der Waals surface area contributed by atoms with E-state index < -0.39 is 11.7 Å². The van der Waals surface area contributed by atoms with Crippen LogP contribution in [0, 0.1) is 0 Å². The molecule has 28 heavy (non-hydrogen) atoms. The fraction of sp³-hybridized carbons (Fsp3) is 0.421. The highest BCUT2D eigenvalue weighted by Crippen LogP contribution is 2.49. The number of anilines is 3. The average molecular weight is 409 g/mol. The number of alkyl halides is 3. The van der Waals surface area contributed by atoms with Crippen LogP contribution < -0.4 is 16.4 Å². The van der Waals surface area contributed by atoms with E-state index in [0.29, 0.717) is 28.6 Å². The van der Waals surface area contributed by atoms with Gasteiger partial charge in [-0.3, -0.25) is 0 Å². The van der Waals surface area contributed by atoms with Crippen LogP contribution in [0.3, 0.4) is 0 Å². The van der Waals surface area contributed by atoms with E-state index in [2.05, 4.69) is 20.5 Å². The lowest BCUT2D eigenvalue weighted by atomic mass is 10.0. The summed E-state index contributed by atoms with van der Waals surface area (Å²) < 4.78 is 40.4. The number of hydrogen-bond acceptors (Lipinski definition) is 6. The SMILES string of the molecule is NCCN1CCC(Nc2cc(C(F)(F)F)cc3c2Nc2ncccc2S3)CC1. The molecule has 1 aromatic carbocycles. The third kappa shape index (κ3) is 4.06. The lowest BCUT2D eigenvalue weighted by Gasteiger charge is -2.33. The van der Waals surface area contributed by atoms with Gasteiger partial charge >= 0.3 is 6.18 Å². The molecule has 0 atom stereocenters. The number of likely N-dealkylation sites (tertiary alicyclic amines) is 1. The first-order chi connectivity index (χ1) is 13.4. The number of nitrogens with zero attached hydrogens (tertiary/aromatic N) is 2. The van der Waals surface area contributed by atoms with E-state index >= 15 is 0 Å². The molecular weight excluding hydrogens is 387 g/mol. The monoisotopic (exact) mass is 409 g/mol. The van der Waals surface area contributed by atoms with E-state index in [1.807, 2.05) is 6.07 Å². The third-order valence-electron chi connectivity index (χ3n) is 5.06. The number of pyridine rings is 1. The molecule has 0 amide bonds. The van der Waals surface area contributed by atoms with Crippen molar-refractivity contribution in [3.63, 3.8) is 0 Å². The van der Waals surface area contributed by atoms with E-state index in [-0.39, 0.29) is 6.04 Å². The quantitative estimate of drug-likeness (QED) is 0.602. The first-order valence-electron chi connectivity index (χ1n) is 9.28. The van der Waals surface area contributed by atoms with Gasteiger partial charge in [-0.15, -0.1) is 0 Å². The van der Waals surface area contributed by atoms with Gasteiger partial charge in [0.15, 0.2) is 0 Å². The summed E-state index contributed by atoms with van der Waals surface area (Å²) in [6.45, 7) is 3.25. The summed E-state index contributed by atoms with van der Waals surface area (Å²) in [4.78, 5) is 7.96. The van der Waals surface area contributed by atoms with E-state index in [0.717, 1.165) is 37.4 Å². The molecule has 0 bridgehead atoms. The van der Waals surface area contributed by atoms with Gasteiger partial charge in [-0.1, -0.05) is 11.8 Å². The minimum Gasteiger partial charge on any atom is -0.380 e. The molecule has 1 saturated heterocycles. The summed E-state index contributed by atoms with van der Waals surface area (Å²) in [6.07, 6.45) is -0.993. The van der Waals surface area contributed by atoms with Crippen LogP contribution in [0.15, 0.2) is 40.3 Å². The molecule has 4 N–H and O–H groups in total. The van der Waals surface area contributed by atoms with Gasteiger partial charge in [0.1, 0.15) is 5.82 Å².